The summed E-state index contributed by atoms with van der Waals surface area (Å²) in [7, 11) is 0. The van der Waals surface area contributed by atoms with Crippen molar-refractivity contribution >= 4 is 45.6 Å². The zero-order chi connectivity index (χ0) is 22.1. The molecule has 1 aliphatic rings. The van der Waals surface area contributed by atoms with Gasteiger partial charge < -0.3 is 19.3 Å². The minimum atomic E-state index is -1.07. The number of fused-ring (bicyclic) bond motifs is 4. The Morgan fingerprint density at radius 2 is 1.90 bits per heavy atom. The summed E-state index contributed by atoms with van der Waals surface area (Å²) in [5.41, 5.74) is 3.19. The topological polar surface area (TPSA) is 110 Å². The van der Waals surface area contributed by atoms with Crippen LogP contribution in [-0.4, -0.2) is 35.0 Å². The average molecular weight is 444 g/mol. The average Bonchev–Trinajstić information content (AvgIpc) is 3.09. The van der Waals surface area contributed by atoms with Crippen molar-refractivity contribution in [3.63, 3.8) is 0 Å². The van der Waals surface area contributed by atoms with Crippen LogP contribution in [0.4, 0.5) is 0 Å². The molecule has 164 valence electrons. The molecule has 2 aromatic heterocycles. The van der Waals surface area contributed by atoms with Gasteiger partial charge in [-0.25, -0.2) is 9.59 Å². The number of nitrogens with one attached hydrogen (secondary N) is 1. The van der Waals surface area contributed by atoms with E-state index < -0.39 is 23.5 Å². The van der Waals surface area contributed by atoms with Crippen LogP contribution in [-0.2, 0) is 28.9 Å². The van der Waals surface area contributed by atoms with Crippen LogP contribution < -0.4 is 10.9 Å². The molecule has 2 N–H and O–H groups in total. The third-order valence-corrected chi connectivity index (χ3v) is 6.60. The van der Waals surface area contributed by atoms with Gasteiger partial charge in [-0.2, -0.15) is 11.8 Å². The molecular formula is C23H25NO6S. The minimum Gasteiger partial charge on any atom is -0.480 e. The molecule has 7 nitrogen and oxygen atoms in total. The van der Waals surface area contributed by atoms with Crippen molar-refractivity contribution in [3.8, 4) is 0 Å². The van der Waals surface area contributed by atoms with Gasteiger partial charge in [0.2, 0.25) is 5.91 Å². The molecule has 1 aromatic carbocycles. The number of carboxylic acid groups (broad SMARTS) is 1. The fraction of sp³-hybridized carbons (Fsp3) is 0.435. The fourth-order valence-electron chi connectivity index (χ4n) is 4.28. The number of rotatable bonds is 7. The summed E-state index contributed by atoms with van der Waals surface area (Å²) in [6.07, 6.45) is 6.14. The Hall–Kier alpha value is -2.74. The van der Waals surface area contributed by atoms with Gasteiger partial charge in [-0.15, -0.1) is 0 Å². The first kappa shape index (κ1) is 21.5. The molecule has 31 heavy (non-hydrogen) atoms. The summed E-state index contributed by atoms with van der Waals surface area (Å²) >= 11 is 1.34. The lowest BCUT2D eigenvalue weighted by Gasteiger charge is -2.13. The summed E-state index contributed by atoms with van der Waals surface area (Å²) in [6.45, 7) is 1.86. The zero-order valence-corrected chi connectivity index (χ0v) is 18.4. The molecule has 0 spiro atoms. The summed E-state index contributed by atoms with van der Waals surface area (Å²) in [4.78, 5) is 36.1. The summed E-state index contributed by atoms with van der Waals surface area (Å²) in [5, 5.41) is 13.6. The van der Waals surface area contributed by atoms with Crippen LogP contribution in [0.1, 0.15) is 41.7 Å². The second-order valence-electron chi connectivity index (χ2n) is 7.96. The van der Waals surface area contributed by atoms with Gasteiger partial charge in [-0.05, 0) is 50.5 Å². The molecule has 0 fully saturated rings. The largest absolute Gasteiger partial charge is 0.480 e. The molecule has 0 bridgehead atoms. The van der Waals surface area contributed by atoms with E-state index in [1.54, 1.807) is 12.3 Å². The molecule has 2 heterocycles. The van der Waals surface area contributed by atoms with Crippen molar-refractivity contribution in [1.82, 2.24) is 5.32 Å². The van der Waals surface area contributed by atoms with Crippen molar-refractivity contribution in [3.05, 3.63) is 45.0 Å². The molecule has 0 radical (unpaired) electrons. The molecule has 8 heteroatoms. The number of amides is 1. The Balaban J connectivity index is 1.62. The van der Waals surface area contributed by atoms with Gasteiger partial charge in [-0.1, -0.05) is 0 Å². The first-order valence-corrected chi connectivity index (χ1v) is 11.8. The van der Waals surface area contributed by atoms with Crippen LogP contribution in [0.5, 0.6) is 0 Å². The first-order valence-electron chi connectivity index (χ1n) is 10.4. The Bertz CT molecular complexity index is 1220. The number of carbonyl (C=O) groups excluding carboxylic acids is 1. The van der Waals surface area contributed by atoms with Crippen molar-refractivity contribution < 1.29 is 23.5 Å². The highest BCUT2D eigenvalue weighted by atomic mass is 32.2. The van der Waals surface area contributed by atoms with Gasteiger partial charge in [0.25, 0.3) is 0 Å². The Labute approximate surface area is 183 Å². The van der Waals surface area contributed by atoms with E-state index in [0.29, 0.717) is 11.1 Å². The smallest absolute Gasteiger partial charge is 0.339 e. The molecule has 1 atom stereocenters. The third kappa shape index (κ3) is 4.21. The fourth-order valence-corrected chi connectivity index (χ4v) is 4.84. The Morgan fingerprint density at radius 3 is 2.65 bits per heavy atom. The summed E-state index contributed by atoms with van der Waals surface area (Å²) in [5.74, 6) is -0.175. The zero-order valence-electron chi connectivity index (χ0n) is 17.6. The summed E-state index contributed by atoms with van der Waals surface area (Å²) < 4.78 is 11.6. The van der Waals surface area contributed by atoms with Crippen LogP contribution >= 0.6 is 11.8 Å². The van der Waals surface area contributed by atoms with Crippen LogP contribution in [0.15, 0.2) is 25.8 Å². The number of aryl methyl sites for hydroxylation is 3. The van der Waals surface area contributed by atoms with Crippen molar-refractivity contribution in [1.29, 1.82) is 0 Å². The predicted octanol–water partition coefficient (Wildman–Crippen LogP) is 3.59. The van der Waals surface area contributed by atoms with Gasteiger partial charge in [0.1, 0.15) is 23.0 Å². The highest BCUT2D eigenvalue weighted by molar-refractivity contribution is 7.98. The molecule has 1 amide bonds. The van der Waals surface area contributed by atoms with Crippen molar-refractivity contribution in [2.75, 3.05) is 12.0 Å². The molecule has 4 rings (SSSR count). The monoisotopic (exact) mass is 443 g/mol. The van der Waals surface area contributed by atoms with E-state index in [1.807, 2.05) is 13.0 Å². The van der Waals surface area contributed by atoms with Crippen LogP contribution in [0.3, 0.4) is 0 Å². The van der Waals surface area contributed by atoms with Gasteiger partial charge in [0.05, 0.1) is 0 Å². The quantitative estimate of drug-likeness (QED) is 0.537. The maximum Gasteiger partial charge on any atom is 0.339 e. The molecule has 0 saturated carbocycles. The van der Waals surface area contributed by atoms with E-state index in [4.69, 9.17) is 8.83 Å². The first-order chi connectivity index (χ1) is 14.9. The molecule has 1 aliphatic carbocycles. The lowest BCUT2D eigenvalue weighted by molar-refractivity contribution is -0.141. The molecule has 0 aliphatic heterocycles. The SMILES string of the molecule is CSCC(NC(=O)CCc1c(C)c2cc3c4c(oc3cc2oc1=O)CCCC4)C(=O)O. The van der Waals surface area contributed by atoms with Crippen LogP contribution in [0.2, 0.25) is 0 Å². The minimum absolute atomic E-state index is 0.0125. The molecule has 1 unspecified atom stereocenters. The maximum absolute atomic E-state index is 12.6. The number of hydrogen-bond donors (Lipinski definition) is 2. The highest BCUT2D eigenvalue weighted by Crippen LogP contribution is 2.35. The highest BCUT2D eigenvalue weighted by Gasteiger charge is 2.22. The molecule has 3 aromatic rings. The number of carbonyl (C=O) groups is 2. The van der Waals surface area contributed by atoms with Gasteiger partial charge in [0, 0.05) is 46.6 Å². The number of furan rings is 1. The number of aliphatic carboxylic acids is 1. The Morgan fingerprint density at radius 1 is 1.16 bits per heavy atom. The van der Waals surface area contributed by atoms with Crippen LogP contribution in [0.25, 0.3) is 21.9 Å². The number of hydrogen-bond acceptors (Lipinski definition) is 6. The predicted molar refractivity (Wildman–Crippen MR) is 120 cm³/mol. The van der Waals surface area contributed by atoms with Gasteiger partial charge in [0.15, 0.2) is 0 Å². The van der Waals surface area contributed by atoms with Crippen molar-refractivity contribution in [2.24, 2.45) is 0 Å². The van der Waals surface area contributed by atoms with E-state index in [0.717, 1.165) is 53.4 Å². The lowest BCUT2D eigenvalue weighted by Crippen LogP contribution is -2.42. The normalized spacial score (nSPS) is 14.5. The second kappa shape index (κ2) is 8.78. The number of thioether (sulfide) groups is 1. The number of benzene rings is 1. The second-order valence-corrected chi connectivity index (χ2v) is 8.87. The molecule has 0 saturated heterocycles. The standard InChI is InChI=1S/C23H25NO6S/c1-12-13(7-8-21(25)24-17(11-31-2)22(26)27)23(28)30-19-10-20-16(9-15(12)19)14-5-3-4-6-18(14)29-20/h9-10,17H,3-8,11H2,1-2H3,(H,24,25)(H,26,27). The number of carboxylic acids is 1. The summed E-state index contributed by atoms with van der Waals surface area (Å²) in [6, 6.07) is 2.87. The lowest BCUT2D eigenvalue weighted by atomic mass is 9.94. The van der Waals surface area contributed by atoms with E-state index in [2.05, 4.69) is 5.32 Å². The van der Waals surface area contributed by atoms with Gasteiger partial charge in [-0.3, -0.25) is 4.79 Å². The third-order valence-electron chi connectivity index (χ3n) is 5.93. The van der Waals surface area contributed by atoms with Crippen molar-refractivity contribution in [2.45, 2.75) is 51.5 Å². The van der Waals surface area contributed by atoms with E-state index in [-0.39, 0.29) is 18.6 Å². The maximum atomic E-state index is 12.6. The van der Waals surface area contributed by atoms with E-state index >= 15 is 0 Å². The van der Waals surface area contributed by atoms with E-state index in [1.165, 1.54) is 17.3 Å². The van der Waals surface area contributed by atoms with E-state index in [9.17, 15) is 19.5 Å². The molecular weight excluding hydrogens is 418 g/mol. The Kier molecular flexibility index (Phi) is 6.09. The van der Waals surface area contributed by atoms with Crippen LogP contribution in [0, 0.1) is 6.92 Å². The van der Waals surface area contributed by atoms with Gasteiger partial charge >= 0.3 is 11.6 Å².